The molecule has 11 heteroatoms. The molecule has 0 atom stereocenters. The molecule has 1 aromatic heterocycles. The third-order valence-electron chi connectivity index (χ3n) is 8.20. The highest BCUT2D eigenvalue weighted by molar-refractivity contribution is 6.45. The predicted octanol–water partition coefficient (Wildman–Crippen LogP) is 3.07. The van der Waals surface area contributed by atoms with Crippen molar-refractivity contribution in [1.82, 2.24) is 24.6 Å². The summed E-state index contributed by atoms with van der Waals surface area (Å²) in [6.07, 6.45) is 1.26. The number of halogens is 1. The molecule has 3 heterocycles. The summed E-state index contributed by atoms with van der Waals surface area (Å²) in [5.41, 5.74) is 1.27. The number of amides is 4. The summed E-state index contributed by atoms with van der Waals surface area (Å²) in [5, 5.41) is -0.120. The molecule has 0 spiro atoms. The maximum absolute atomic E-state index is 15.1. The van der Waals surface area contributed by atoms with Gasteiger partial charge in [-0.15, -0.1) is 0 Å². The van der Waals surface area contributed by atoms with Crippen LogP contribution in [0.3, 0.4) is 0 Å². The summed E-state index contributed by atoms with van der Waals surface area (Å²) >= 11 is 0. The average Bonchev–Trinajstić information content (AvgIpc) is 3.54. The van der Waals surface area contributed by atoms with E-state index in [0.717, 1.165) is 6.07 Å². The smallest absolute Gasteiger partial charge is 0.295 e. The largest absolute Gasteiger partial charge is 0.360 e. The lowest BCUT2D eigenvalue weighted by molar-refractivity contribution is -0.127. The molecule has 2 fully saturated rings. The van der Waals surface area contributed by atoms with Gasteiger partial charge in [-0.25, -0.2) is 4.39 Å². The summed E-state index contributed by atoms with van der Waals surface area (Å²) in [4.78, 5) is 74.7. The Hall–Kier alpha value is -5.32. The van der Waals surface area contributed by atoms with Gasteiger partial charge in [0, 0.05) is 75.1 Å². The Kier molecular flexibility index (Phi) is 7.93. The van der Waals surface area contributed by atoms with Gasteiger partial charge in [0.25, 0.3) is 29.4 Å². The summed E-state index contributed by atoms with van der Waals surface area (Å²) in [7, 11) is 0. The zero-order valence-electron chi connectivity index (χ0n) is 23.9. The number of aromatic nitrogens is 1. The number of hydrogen-bond donors (Lipinski definition) is 1. The van der Waals surface area contributed by atoms with Crippen LogP contribution in [0.15, 0.2) is 79.0 Å². The van der Waals surface area contributed by atoms with Crippen molar-refractivity contribution in [3.05, 3.63) is 107 Å². The monoisotopic (exact) mass is 595 g/mol. The molecule has 2 aliphatic heterocycles. The second-order valence-electron chi connectivity index (χ2n) is 10.8. The third kappa shape index (κ3) is 5.44. The molecule has 2 saturated heterocycles. The van der Waals surface area contributed by atoms with Gasteiger partial charge < -0.3 is 24.6 Å². The van der Waals surface area contributed by atoms with Gasteiger partial charge in [0.2, 0.25) is 0 Å². The highest BCUT2D eigenvalue weighted by atomic mass is 19.1. The van der Waals surface area contributed by atoms with Crippen LogP contribution >= 0.6 is 0 Å². The van der Waals surface area contributed by atoms with Gasteiger partial charge in [0.1, 0.15) is 5.82 Å². The van der Waals surface area contributed by atoms with E-state index in [4.69, 9.17) is 0 Å². The lowest BCUT2D eigenvalue weighted by Gasteiger charge is -2.35. The van der Waals surface area contributed by atoms with E-state index in [-0.39, 0.29) is 65.9 Å². The molecule has 1 N–H and O–H groups in total. The maximum atomic E-state index is 15.1. The van der Waals surface area contributed by atoms with Gasteiger partial charge in [0.05, 0.1) is 16.6 Å². The number of nitrogens with one attached hydrogen (secondary N) is 1. The number of ketones is 1. The zero-order valence-corrected chi connectivity index (χ0v) is 23.9. The number of Topliss-reactive ketones (excluding diaryl/α,β-unsaturated/α-hetero) is 1. The number of rotatable bonds is 5. The van der Waals surface area contributed by atoms with Crippen molar-refractivity contribution < 1.29 is 28.4 Å². The quantitative estimate of drug-likeness (QED) is 0.282. The van der Waals surface area contributed by atoms with Gasteiger partial charge in [-0.3, -0.25) is 24.0 Å². The maximum Gasteiger partial charge on any atom is 0.295 e. The molecule has 6 rings (SSSR count). The van der Waals surface area contributed by atoms with Crippen LogP contribution in [-0.4, -0.2) is 106 Å². The Morgan fingerprint density at radius 3 is 1.50 bits per heavy atom. The normalized spacial score (nSPS) is 15.4. The Bertz CT molecular complexity index is 1740. The molecule has 2 aliphatic rings. The number of aromatic amines is 1. The van der Waals surface area contributed by atoms with Crippen LogP contribution in [0.1, 0.15) is 41.4 Å². The molecule has 0 unspecified atom stereocenters. The molecule has 0 aliphatic carbocycles. The number of nitrogens with zero attached hydrogens (tertiary/aromatic N) is 4. The average molecular weight is 596 g/mol. The van der Waals surface area contributed by atoms with Crippen LogP contribution < -0.4 is 0 Å². The zero-order chi connectivity index (χ0) is 30.8. The number of fused-ring (bicyclic) bond motifs is 1. The highest BCUT2D eigenvalue weighted by Gasteiger charge is 2.32. The summed E-state index contributed by atoms with van der Waals surface area (Å²) in [6, 6.07) is 20.2. The predicted molar refractivity (Wildman–Crippen MR) is 160 cm³/mol. The Morgan fingerprint density at radius 2 is 1.00 bits per heavy atom. The van der Waals surface area contributed by atoms with Crippen molar-refractivity contribution in [1.29, 1.82) is 0 Å². The molecule has 0 bridgehead atoms. The first kappa shape index (κ1) is 28.8. The van der Waals surface area contributed by atoms with Crippen LogP contribution in [0, 0.1) is 5.82 Å². The first-order valence-corrected chi connectivity index (χ1v) is 14.4. The molecular weight excluding hydrogens is 565 g/mol. The number of carbonyl (C=O) groups excluding carboxylic acids is 5. The van der Waals surface area contributed by atoms with Gasteiger partial charge in [0.15, 0.2) is 0 Å². The third-order valence-corrected chi connectivity index (χ3v) is 8.20. The minimum absolute atomic E-state index is 0.108. The SMILES string of the molecule is O=C(C(=O)N1CCN(C(=O)c2ccccc2)CC1)c1c[nH]c2c(C(=O)N3CCN(C(=O)c4ccccc4)CC3)ccc(F)c12. The minimum Gasteiger partial charge on any atom is -0.360 e. The first-order chi connectivity index (χ1) is 21.3. The van der Waals surface area contributed by atoms with Crippen molar-refractivity contribution >= 4 is 40.3 Å². The number of H-pyrrole nitrogens is 1. The molecular formula is C33H30FN5O5. The van der Waals surface area contributed by atoms with E-state index in [1.807, 2.05) is 12.1 Å². The number of carbonyl (C=O) groups is 5. The van der Waals surface area contributed by atoms with E-state index < -0.39 is 17.5 Å². The number of piperazine rings is 2. The van der Waals surface area contributed by atoms with E-state index in [2.05, 4.69) is 4.98 Å². The van der Waals surface area contributed by atoms with Crippen LogP contribution in [0.4, 0.5) is 4.39 Å². The molecule has 224 valence electrons. The molecule has 4 aromatic rings. The molecule has 4 amide bonds. The standard InChI is InChI=1S/C33H30FN5O5/c34-26-12-11-24(32(43)38-17-13-36(14-18-38)30(41)22-7-3-1-4-8-22)28-27(26)25(21-35-28)29(40)33(44)39-19-15-37(16-20-39)31(42)23-9-5-2-6-10-23/h1-12,21,35H,13-20H2. The first-order valence-electron chi connectivity index (χ1n) is 14.4. The fourth-order valence-corrected chi connectivity index (χ4v) is 5.75. The number of benzene rings is 3. The van der Waals surface area contributed by atoms with Crippen LogP contribution in [0.2, 0.25) is 0 Å². The summed E-state index contributed by atoms with van der Waals surface area (Å²) in [5.74, 6) is -3.05. The summed E-state index contributed by atoms with van der Waals surface area (Å²) < 4.78 is 15.1. The molecule has 10 nitrogen and oxygen atoms in total. The van der Waals surface area contributed by atoms with Crippen molar-refractivity contribution in [2.75, 3.05) is 52.4 Å². The van der Waals surface area contributed by atoms with Crippen molar-refractivity contribution in [2.45, 2.75) is 0 Å². The fraction of sp³-hybridized carbons (Fsp3) is 0.242. The Morgan fingerprint density at radius 1 is 0.545 bits per heavy atom. The minimum atomic E-state index is -0.893. The molecule has 3 aromatic carbocycles. The Balaban J connectivity index is 1.13. The van der Waals surface area contributed by atoms with Crippen LogP contribution in [0.5, 0.6) is 0 Å². The Labute approximate surface area is 252 Å². The summed E-state index contributed by atoms with van der Waals surface area (Å²) in [6.45, 7) is 2.12. The topological polar surface area (TPSA) is 114 Å². The highest BCUT2D eigenvalue weighted by Crippen LogP contribution is 2.27. The second kappa shape index (κ2) is 12.1. The van der Waals surface area contributed by atoms with E-state index in [0.29, 0.717) is 37.3 Å². The van der Waals surface area contributed by atoms with Crippen molar-refractivity contribution in [3.8, 4) is 0 Å². The lowest BCUT2D eigenvalue weighted by Crippen LogP contribution is -2.52. The van der Waals surface area contributed by atoms with E-state index in [1.165, 1.54) is 17.2 Å². The van der Waals surface area contributed by atoms with Gasteiger partial charge in [-0.2, -0.15) is 0 Å². The number of hydrogen-bond acceptors (Lipinski definition) is 5. The van der Waals surface area contributed by atoms with Crippen molar-refractivity contribution in [2.24, 2.45) is 0 Å². The van der Waals surface area contributed by atoms with Crippen molar-refractivity contribution in [3.63, 3.8) is 0 Å². The molecule has 44 heavy (non-hydrogen) atoms. The van der Waals surface area contributed by atoms with Crippen LogP contribution in [-0.2, 0) is 4.79 Å². The van der Waals surface area contributed by atoms with Gasteiger partial charge in [-0.05, 0) is 36.4 Å². The lowest BCUT2D eigenvalue weighted by atomic mass is 10.0. The molecule has 0 radical (unpaired) electrons. The fourth-order valence-electron chi connectivity index (χ4n) is 5.75. The molecule has 0 saturated carbocycles. The van der Waals surface area contributed by atoms with E-state index >= 15 is 4.39 Å². The van der Waals surface area contributed by atoms with Gasteiger partial charge in [-0.1, -0.05) is 36.4 Å². The van der Waals surface area contributed by atoms with E-state index in [1.54, 1.807) is 63.2 Å². The van der Waals surface area contributed by atoms with E-state index in [9.17, 15) is 24.0 Å². The van der Waals surface area contributed by atoms with Crippen LogP contribution in [0.25, 0.3) is 10.9 Å². The van der Waals surface area contributed by atoms with Gasteiger partial charge >= 0.3 is 0 Å². The second-order valence-corrected chi connectivity index (χ2v) is 10.8.